The van der Waals surface area contributed by atoms with Crippen LogP contribution in [0, 0.1) is 11.8 Å². The van der Waals surface area contributed by atoms with Crippen molar-refractivity contribution >= 4 is 29.9 Å². The van der Waals surface area contributed by atoms with Crippen LogP contribution >= 0.6 is 24.0 Å². The van der Waals surface area contributed by atoms with Crippen LogP contribution < -0.4 is 5.32 Å². The van der Waals surface area contributed by atoms with Crippen molar-refractivity contribution in [3.05, 3.63) is 0 Å². The van der Waals surface area contributed by atoms with Gasteiger partial charge in [-0.3, -0.25) is 4.99 Å². The third kappa shape index (κ3) is 7.59. The van der Waals surface area contributed by atoms with Gasteiger partial charge in [0, 0.05) is 33.2 Å². The Balaban J connectivity index is 0.00000264. The second kappa shape index (κ2) is 11.5. The minimum Gasteiger partial charge on any atom is -0.356 e. The van der Waals surface area contributed by atoms with Gasteiger partial charge in [0.25, 0.3) is 0 Å². The first-order chi connectivity index (χ1) is 10.7. The van der Waals surface area contributed by atoms with E-state index in [9.17, 15) is 0 Å². The molecule has 0 aromatic carbocycles. The van der Waals surface area contributed by atoms with E-state index in [-0.39, 0.29) is 24.0 Å². The van der Waals surface area contributed by atoms with Crippen LogP contribution in [0.25, 0.3) is 0 Å². The molecule has 0 amide bonds. The van der Waals surface area contributed by atoms with Crippen LogP contribution in [0.1, 0.15) is 52.4 Å². The molecule has 0 aromatic heterocycles. The maximum absolute atomic E-state index is 4.46. The van der Waals surface area contributed by atoms with Crippen LogP contribution in [0.4, 0.5) is 0 Å². The average Bonchev–Trinajstić information content (AvgIpc) is 2.52. The minimum absolute atomic E-state index is 0. The monoisotopic (exact) mass is 436 g/mol. The standard InChI is InChI=1S/C18H36N4.HI/c1-16-8-13-22(14-9-16)18(19-3)20-10-4-5-11-21-12-6-7-17(2)15-21;/h16-17H,4-15H2,1-3H3,(H,19,20);1H. The normalized spacial score (nSPS) is 24.4. The predicted molar refractivity (Wildman–Crippen MR) is 111 cm³/mol. The highest BCUT2D eigenvalue weighted by atomic mass is 127. The number of aliphatic imine (C=N–C) groups is 1. The summed E-state index contributed by atoms with van der Waals surface area (Å²) >= 11 is 0. The summed E-state index contributed by atoms with van der Waals surface area (Å²) < 4.78 is 0. The molecule has 5 heteroatoms. The number of nitrogens with one attached hydrogen (secondary N) is 1. The van der Waals surface area contributed by atoms with Gasteiger partial charge in [-0.25, -0.2) is 0 Å². The van der Waals surface area contributed by atoms with Crippen molar-refractivity contribution in [1.29, 1.82) is 0 Å². The summed E-state index contributed by atoms with van der Waals surface area (Å²) in [5.41, 5.74) is 0. The SMILES string of the molecule is CN=C(NCCCCN1CCCC(C)C1)N1CCC(C)CC1.I. The first-order valence-corrected chi connectivity index (χ1v) is 9.37. The maximum Gasteiger partial charge on any atom is 0.193 e. The van der Waals surface area contributed by atoms with Gasteiger partial charge < -0.3 is 15.1 Å². The lowest BCUT2D eigenvalue weighted by atomic mass is 9.99. The number of rotatable bonds is 5. The van der Waals surface area contributed by atoms with Gasteiger partial charge in [-0.05, 0) is 63.5 Å². The molecule has 2 saturated heterocycles. The Morgan fingerprint density at radius 2 is 1.78 bits per heavy atom. The van der Waals surface area contributed by atoms with Crippen LogP contribution in [0.3, 0.4) is 0 Å². The van der Waals surface area contributed by atoms with E-state index in [4.69, 9.17) is 0 Å². The van der Waals surface area contributed by atoms with Gasteiger partial charge in [-0.15, -0.1) is 24.0 Å². The molecule has 2 fully saturated rings. The molecule has 2 rings (SSSR count). The quantitative estimate of drug-likeness (QED) is 0.310. The topological polar surface area (TPSA) is 30.9 Å². The van der Waals surface area contributed by atoms with Crippen LogP contribution in [-0.4, -0.2) is 62.1 Å². The molecule has 23 heavy (non-hydrogen) atoms. The van der Waals surface area contributed by atoms with E-state index >= 15 is 0 Å². The number of likely N-dealkylation sites (tertiary alicyclic amines) is 2. The molecule has 4 nitrogen and oxygen atoms in total. The van der Waals surface area contributed by atoms with Gasteiger partial charge in [0.2, 0.25) is 0 Å². The summed E-state index contributed by atoms with van der Waals surface area (Å²) in [6.45, 7) is 12.0. The highest BCUT2D eigenvalue weighted by molar-refractivity contribution is 14.0. The molecular formula is C18H37IN4. The number of unbranched alkanes of at least 4 members (excludes halogenated alkanes) is 1. The summed E-state index contributed by atoms with van der Waals surface area (Å²) in [6, 6.07) is 0. The molecule has 0 aliphatic carbocycles. The summed E-state index contributed by atoms with van der Waals surface area (Å²) in [5, 5.41) is 3.56. The number of hydrogen-bond acceptors (Lipinski definition) is 2. The van der Waals surface area contributed by atoms with E-state index in [2.05, 4.69) is 34.0 Å². The highest BCUT2D eigenvalue weighted by Crippen LogP contribution is 2.16. The van der Waals surface area contributed by atoms with Crippen molar-refractivity contribution in [1.82, 2.24) is 15.1 Å². The second-order valence-corrected chi connectivity index (χ2v) is 7.40. The molecule has 2 heterocycles. The fraction of sp³-hybridized carbons (Fsp3) is 0.944. The zero-order valence-electron chi connectivity index (χ0n) is 15.4. The molecule has 0 bridgehead atoms. The van der Waals surface area contributed by atoms with Crippen LogP contribution in [0.15, 0.2) is 4.99 Å². The predicted octanol–water partition coefficient (Wildman–Crippen LogP) is 3.42. The summed E-state index contributed by atoms with van der Waals surface area (Å²) in [7, 11) is 1.91. The molecule has 1 unspecified atom stereocenters. The van der Waals surface area contributed by atoms with E-state index in [1.807, 2.05) is 7.05 Å². The van der Waals surface area contributed by atoms with Crippen LogP contribution in [0.5, 0.6) is 0 Å². The fourth-order valence-electron chi connectivity index (χ4n) is 3.70. The van der Waals surface area contributed by atoms with E-state index in [1.165, 1.54) is 58.2 Å². The maximum atomic E-state index is 4.46. The Labute approximate surface area is 160 Å². The van der Waals surface area contributed by atoms with Crippen molar-refractivity contribution in [2.75, 3.05) is 46.3 Å². The van der Waals surface area contributed by atoms with E-state index < -0.39 is 0 Å². The van der Waals surface area contributed by atoms with Crippen molar-refractivity contribution in [2.24, 2.45) is 16.8 Å². The lowest BCUT2D eigenvalue weighted by Crippen LogP contribution is -2.45. The molecular weight excluding hydrogens is 399 g/mol. The Kier molecular flexibility index (Phi) is 10.5. The highest BCUT2D eigenvalue weighted by Gasteiger charge is 2.18. The molecule has 0 spiro atoms. The number of halogens is 1. The lowest BCUT2D eigenvalue weighted by molar-refractivity contribution is 0.181. The lowest BCUT2D eigenvalue weighted by Gasteiger charge is -2.33. The molecule has 0 aromatic rings. The third-order valence-corrected chi connectivity index (χ3v) is 5.22. The number of nitrogens with zero attached hydrogens (tertiary/aromatic N) is 3. The zero-order chi connectivity index (χ0) is 15.8. The smallest absolute Gasteiger partial charge is 0.193 e. The Hall–Kier alpha value is -0.0400. The van der Waals surface area contributed by atoms with Gasteiger partial charge in [-0.1, -0.05) is 13.8 Å². The average molecular weight is 436 g/mol. The molecule has 136 valence electrons. The molecule has 2 aliphatic rings. The van der Waals surface area contributed by atoms with Gasteiger partial charge >= 0.3 is 0 Å². The first kappa shape index (κ1) is 21.0. The molecule has 2 aliphatic heterocycles. The number of hydrogen-bond donors (Lipinski definition) is 1. The largest absolute Gasteiger partial charge is 0.356 e. The van der Waals surface area contributed by atoms with E-state index in [1.54, 1.807) is 0 Å². The van der Waals surface area contributed by atoms with Gasteiger partial charge in [0.1, 0.15) is 0 Å². The molecule has 0 saturated carbocycles. The summed E-state index contributed by atoms with van der Waals surface area (Å²) in [5.74, 6) is 2.88. The molecule has 0 radical (unpaired) electrons. The molecule has 1 atom stereocenters. The van der Waals surface area contributed by atoms with Crippen LogP contribution in [0.2, 0.25) is 0 Å². The fourth-order valence-corrected chi connectivity index (χ4v) is 3.70. The Morgan fingerprint density at radius 3 is 2.43 bits per heavy atom. The van der Waals surface area contributed by atoms with Crippen molar-refractivity contribution in [3.63, 3.8) is 0 Å². The van der Waals surface area contributed by atoms with Crippen LogP contribution in [-0.2, 0) is 0 Å². The van der Waals surface area contributed by atoms with Crippen molar-refractivity contribution in [2.45, 2.75) is 52.4 Å². The van der Waals surface area contributed by atoms with Gasteiger partial charge in [-0.2, -0.15) is 0 Å². The number of guanidine groups is 1. The second-order valence-electron chi connectivity index (χ2n) is 7.40. The zero-order valence-corrected chi connectivity index (χ0v) is 17.7. The Morgan fingerprint density at radius 1 is 1.04 bits per heavy atom. The molecule has 1 N–H and O–H groups in total. The van der Waals surface area contributed by atoms with E-state index in [0.717, 1.165) is 37.4 Å². The van der Waals surface area contributed by atoms with Gasteiger partial charge in [0.15, 0.2) is 5.96 Å². The number of piperidine rings is 2. The summed E-state index contributed by atoms with van der Waals surface area (Å²) in [4.78, 5) is 9.53. The van der Waals surface area contributed by atoms with E-state index in [0.29, 0.717) is 0 Å². The van der Waals surface area contributed by atoms with Crippen molar-refractivity contribution < 1.29 is 0 Å². The van der Waals surface area contributed by atoms with Gasteiger partial charge in [0.05, 0.1) is 0 Å². The first-order valence-electron chi connectivity index (χ1n) is 9.37. The summed E-state index contributed by atoms with van der Waals surface area (Å²) in [6.07, 6.45) is 7.95. The minimum atomic E-state index is 0. The third-order valence-electron chi connectivity index (χ3n) is 5.22. The van der Waals surface area contributed by atoms with Crippen molar-refractivity contribution in [3.8, 4) is 0 Å². The Bertz CT molecular complexity index is 340.